The number of hydrogen-bond donors (Lipinski definition) is 1. The second-order valence-corrected chi connectivity index (χ2v) is 6.72. The highest BCUT2D eigenvalue weighted by molar-refractivity contribution is 5.18. The maximum Gasteiger partial charge on any atom is 0.109 e. The maximum atomic E-state index is 6.61. The second-order valence-electron chi connectivity index (χ2n) is 6.72. The Morgan fingerprint density at radius 2 is 1.68 bits per heavy atom. The monoisotopic (exact) mass is 303 g/mol. The molecule has 2 heteroatoms. The van der Waals surface area contributed by atoms with Gasteiger partial charge in [-0.15, -0.1) is 0 Å². The molecule has 0 radical (unpaired) electrons. The molecule has 1 aliphatic rings. The molecule has 22 heavy (non-hydrogen) atoms. The van der Waals surface area contributed by atoms with Crippen LogP contribution < -0.4 is 5.32 Å². The molecule has 0 aromatic heterocycles. The van der Waals surface area contributed by atoms with Gasteiger partial charge in [0.1, 0.15) is 6.23 Å². The Morgan fingerprint density at radius 1 is 1.00 bits per heavy atom. The molecule has 124 valence electrons. The van der Waals surface area contributed by atoms with Gasteiger partial charge in [-0.1, -0.05) is 70.4 Å². The Kier molecular flexibility index (Phi) is 6.91. The van der Waals surface area contributed by atoms with Crippen LogP contribution in [0.4, 0.5) is 0 Å². The van der Waals surface area contributed by atoms with Gasteiger partial charge in [0.15, 0.2) is 0 Å². The van der Waals surface area contributed by atoms with Crippen LogP contribution in [0, 0.1) is 0 Å². The van der Waals surface area contributed by atoms with E-state index in [1.165, 1.54) is 31.2 Å². The van der Waals surface area contributed by atoms with Crippen LogP contribution in [0.5, 0.6) is 0 Å². The average Bonchev–Trinajstić information content (AvgIpc) is 2.85. The Balaban J connectivity index is 2.13. The Labute approximate surface area is 136 Å². The van der Waals surface area contributed by atoms with Crippen molar-refractivity contribution in [1.29, 1.82) is 0 Å². The summed E-state index contributed by atoms with van der Waals surface area (Å²) in [5.74, 6) is 0. The summed E-state index contributed by atoms with van der Waals surface area (Å²) in [5.41, 5.74) is 1.44. The number of unbranched alkanes of at least 4 members (excludes halogenated alkanes) is 1. The molecule has 1 aromatic rings. The van der Waals surface area contributed by atoms with Crippen LogP contribution in [0.1, 0.15) is 71.3 Å². The van der Waals surface area contributed by atoms with Crippen LogP contribution in [-0.2, 0) is 11.2 Å². The Hall–Kier alpha value is -0.860. The largest absolute Gasteiger partial charge is 0.355 e. The highest BCUT2D eigenvalue weighted by Gasteiger charge is 2.46. The van der Waals surface area contributed by atoms with E-state index in [-0.39, 0.29) is 11.8 Å². The molecular weight excluding hydrogens is 270 g/mol. The summed E-state index contributed by atoms with van der Waals surface area (Å²) in [6.45, 7) is 6.81. The van der Waals surface area contributed by atoms with Gasteiger partial charge in [-0.05, 0) is 37.7 Å². The fourth-order valence-electron chi connectivity index (χ4n) is 3.84. The van der Waals surface area contributed by atoms with Gasteiger partial charge in [0, 0.05) is 6.04 Å². The number of nitrogens with one attached hydrogen (secondary N) is 1. The van der Waals surface area contributed by atoms with Crippen molar-refractivity contribution in [3.8, 4) is 0 Å². The molecule has 1 N–H and O–H groups in total. The van der Waals surface area contributed by atoms with Crippen LogP contribution in [0.25, 0.3) is 0 Å². The molecule has 0 aliphatic carbocycles. The van der Waals surface area contributed by atoms with E-state index in [0.29, 0.717) is 6.04 Å². The molecule has 1 fully saturated rings. The quantitative estimate of drug-likeness (QED) is 0.687. The van der Waals surface area contributed by atoms with Crippen molar-refractivity contribution in [1.82, 2.24) is 5.32 Å². The van der Waals surface area contributed by atoms with Crippen molar-refractivity contribution in [3.63, 3.8) is 0 Å². The molecule has 1 aromatic carbocycles. The first-order chi connectivity index (χ1) is 10.7. The van der Waals surface area contributed by atoms with E-state index in [0.717, 1.165) is 25.7 Å². The molecule has 0 unspecified atom stereocenters. The lowest BCUT2D eigenvalue weighted by Crippen LogP contribution is -2.45. The van der Waals surface area contributed by atoms with E-state index in [4.69, 9.17) is 4.74 Å². The van der Waals surface area contributed by atoms with Gasteiger partial charge in [-0.25, -0.2) is 0 Å². The standard InChI is InChI=1S/C20H33NO/c1-4-7-13-19-21-18(16-17-11-9-8-10-12-17)20(22-19,14-5-2)15-6-3/h8-12,18-19,21H,4-7,13-16H2,1-3H3/t18-,19-/m0/s1. The van der Waals surface area contributed by atoms with Crippen LogP contribution >= 0.6 is 0 Å². The summed E-state index contributed by atoms with van der Waals surface area (Å²) in [4.78, 5) is 0. The van der Waals surface area contributed by atoms with E-state index >= 15 is 0 Å². The van der Waals surface area contributed by atoms with Crippen molar-refractivity contribution < 1.29 is 4.74 Å². The highest BCUT2D eigenvalue weighted by atomic mass is 16.5. The molecule has 1 heterocycles. The molecule has 2 atom stereocenters. The molecule has 1 saturated heterocycles. The fourth-order valence-corrected chi connectivity index (χ4v) is 3.84. The zero-order chi connectivity index (χ0) is 15.8. The van der Waals surface area contributed by atoms with E-state index in [2.05, 4.69) is 56.4 Å². The SMILES string of the molecule is CCCC[C@H]1N[C@@H](Cc2ccccc2)C(CCC)(CCC)O1. The third-order valence-corrected chi connectivity index (χ3v) is 4.85. The van der Waals surface area contributed by atoms with Gasteiger partial charge in [-0.3, -0.25) is 5.32 Å². The summed E-state index contributed by atoms with van der Waals surface area (Å²) in [7, 11) is 0. The first-order valence-electron chi connectivity index (χ1n) is 9.22. The lowest BCUT2D eigenvalue weighted by atomic mass is 9.82. The molecule has 0 amide bonds. The fraction of sp³-hybridized carbons (Fsp3) is 0.700. The lowest BCUT2D eigenvalue weighted by Gasteiger charge is -2.34. The van der Waals surface area contributed by atoms with Crippen LogP contribution in [0.3, 0.4) is 0 Å². The van der Waals surface area contributed by atoms with Crippen LogP contribution in [0.15, 0.2) is 30.3 Å². The van der Waals surface area contributed by atoms with E-state index in [1.54, 1.807) is 0 Å². The highest BCUT2D eigenvalue weighted by Crippen LogP contribution is 2.37. The van der Waals surface area contributed by atoms with Gasteiger partial charge in [0.05, 0.1) is 5.60 Å². The number of ether oxygens (including phenoxy) is 1. The maximum absolute atomic E-state index is 6.61. The zero-order valence-corrected chi connectivity index (χ0v) is 14.6. The van der Waals surface area contributed by atoms with Crippen molar-refractivity contribution in [3.05, 3.63) is 35.9 Å². The van der Waals surface area contributed by atoms with Crippen molar-refractivity contribution in [2.45, 2.75) is 90.0 Å². The minimum absolute atomic E-state index is 0.0255. The van der Waals surface area contributed by atoms with Gasteiger partial charge in [0.2, 0.25) is 0 Å². The topological polar surface area (TPSA) is 21.3 Å². The molecule has 2 rings (SSSR count). The van der Waals surface area contributed by atoms with Crippen LogP contribution in [-0.4, -0.2) is 17.9 Å². The van der Waals surface area contributed by atoms with E-state index in [1.807, 2.05) is 0 Å². The predicted molar refractivity (Wildman–Crippen MR) is 94.0 cm³/mol. The minimum Gasteiger partial charge on any atom is -0.355 e. The van der Waals surface area contributed by atoms with Crippen molar-refractivity contribution in [2.24, 2.45) is 0 Å². The second kappa shape index (κ2) is 8.69. The summed E-state index contributed by atoms with van der Waals surface area (Å²) in [5, 5.41) is 3.81. The number of benzene rings is 1. The molecular formula is C20H33NO. The normalized spacial score (nSPS) is 23.8. The molecule has 1 aliphatic heterocycles. The van der Waals surface area contributed by atoms with Gasteiger partial charge in [0.25, 0.3) is 0 Å². The van der Waals surface area contributed by atoms with Gasteiger partial charge < -0.3 is 4.74 Å². The van der Waals surface area contributed by atoms with E-state index in [9.17, 15) is 0 Å². The first-order valence-corrected chi connectivity index (χ1v) is 9.22. The molecule has 0 spiro atoms. The van der Waals surface area contributed by atoms with Gasteiger partial charge in [-0.2, -0.15) is 0 Å². The first kappa shape index (κ1) is 17.5. The van der Waals surface area contributed by atoms with Crippen LogP contribution in [0.2, 0.25) is 0 Å². The molecule has 2 nitrogen and oxygen atoms in total. The Bertz CT molecular complexity index is 411. The van der Waals surface area contributed by atoms with Crippen molar-refractivity contribution in [2.75, 3.05) is 0 Å². The van der Waals surface area contributed by atoms with E-state index < -0.39 is 0 Å². The summed E-state index contributed by atoms with van der Waals surface area (Å²) in [6, 6.07) is 11.3. The Morgan fingerprint density at radius 3 is 2.27 bits per heavy atom. The molecule has 0 bridgehead atoms. The molecule has 0 saturated carbocycles. The van der Waals surface area contributed by atoms with Crippen molar-refractivity contribution >= 4 is 0 Å². The third kappa shape index (κ3) is 4.33. The third-order valence-electron chi connectivity index (χ3n) is 4.85. The zero-order valence-electron chi connectivity index (χ0n) is 14.6. The van der Waals surface area contributed by atoms with Gasteiger partial charge >= 0.3 is 0 Å². The smallest absolute Gasteiger partial charge is 0.109 e. The summed E-state index contributed by atoms with van der Waals surface area (Å²) >= 11 is 0. The minimum atomic E-state index is 0.0255. The summed E-state index contributed by atoms with van der Waals surface area (Å²) in [6.07, 6.45) is 9.62. The average molecular weight is 303 g/mol. The predicted octanol–water partition coefficient (Wildman–Crippen LogP) is 5.07. The summed E-state index contributed by atoms with van der Waals surface area (Å²) < 4.78 is 6.61. The lowest BCUT2D eigenvalue weighted by molar-refractivity contribution is -0.0631. The number of hydrogen-bond acceptors (Lipinski definition) is 2. The number of rotatable bonds is 9.